The highest BCUT2D eigenvalue weighted by Crippen LogP contribution is 2.50. The van der Waals surface area contributed by atoms with E-state index in [1.54, 1.807) is 30.3 Å². The van der Waals surface area contributed by atoms with Crippen molar-refractivity contribution in [2.75, 3.05) is 0 Å². The summed E-state index contributed by atoms with van der Waals surface area (Å²) in [6.07, 6.45) is 0. The van der Waals surface area contributed by atoms with E-state index in [1.165, 1.54) is 0 Å². The summed E-state index contributed by atoms with van der Waals surface area (Å²) in [5, 5.41) is 1.34. The molecule has 17 heavy (non-hydrogen) atoms. The second-order valence-corrected chi connectivity index (χ2v) is 4.71. The minimum Gasteiger partial charge on any atom is -0.449 e. The topological polar surface area (TPSA) is 18.5 Å². The van der Waals surface area contributed by atoms with Crippen LogP contribution in [0.2, 0.25) is 15.1 Å². The minimum atomic E-state index is 0.338. The molecule has 2 aromatic carbocycles. The third-order valence-corrected chi connectivity index (χ3v) is 3.37. The number of hydrogen-bond donors (Lipinski definition) is 0. The van der Waals surface area contributed by atoms with E-state index in [4.69, 9.17) is 44.3 Å². The first-order valence-corrected chi connectivity index (χ1v) is 5.92. The van der Waals surface area contributed by atoms with Crippen LogP contribution in [0.5, 0.6) is 23.0 Å². The van der Waals surface area contributed by atoms with Gasteiger partial charge in [0.2, 0.25) is 0 Å². The molecule has 0 unspecified atom stereocenters. The van der Waals surface area contributed by atoms with Crippen molar-refractivity contribution in [2.24, 2.45) is 0 Å². The van der Waals surface area contributed by atoms with Gasteiger partial charge in [0.05, 0.1) is 5.02 Å². The smallest absolute Gasteiger partial charge is 0.190 e. The summed E-state index contributed by atoms with van der Waals surface area (Å²) in [7, 11) is 0. The first-order valence-electron chi connectivity index (χ1n) is 4.78. The van der Waals surface area contributed by atoms with E-state index in [2.05, 4.69) is 0 Å². The van der Waals surface area contributed by atoms with E-state index in [1.807, 2.05) is 0 Å². The second kappa shape index (κ2) is 3.98. The third-order valence-electron chi connectivity index (χ3n) is 2.35. The van der Waals surface area contributed by atoms with Gasteiger partial charge >= 0.3 is 0 Å². The molecule has 0 aromatic heterocycles. The van der Waals surface area contributed by atoms with Crippen LogP contribution in [0.1, 0.15) is 0 Å². The van der Waals surface area contributed by atoms with Crippen LogP contribution in [0.15, 0.2) is 30.3 Å². The molecule has 0 atom stereocenters. The monoisotopic (exact) mass is 286 g/mol. The molecule has 0 saturated heterocycles. The van der Waals surface area contributed by atoms with Gasteiger partial charge in [-0.05, 0) is 24.3 Å². The van der Waals surface area contributed by atoms with Gasteiger partial charge in [-0.25, -0.2) is 0 Å². The largest absolute Gasteiger partial charge is 0.449 e. The maximum atomic E-state index is 6.05. The lowest BCUT2D eigenvalue weighted by Gasteiger charge is -2.21. The minimum absolute atomic E-state index is 0.338. The van der Waals surface area contributed by atoms with Crippen LogP contribution < -0.4 is 9.47 Å². The number of rotatable bonds is 0. The van der Waals surface area contributed by atoms with E-state index in [0.29, 0.717) is 38.1 Å². The second-order valence-electron chi connectivity index (χ2n) is 3.48. The highest BCUT2D eigenvalue weighted by atomic mass is 35.5. The predicted molar refractivity (Wildman–Crippen MR) is 68.1 cm³/mol. The Morgan fingerprint density at radius 3 is 2.35 bits per heavy atom. The van der Waals surface area contributed by atoms with Gasteiger partial charge in [-0.2, -0.15) is 0 Å². The molecule has 0 fully saturated rings. The molecular formula is C12H5Cl3O2. The molecular weight excluding hydrogens is 282 g/mol. The van der Waals surface area contributed by atoms with Gasteiger partial charge in [0.1, 0.15) is 5.02 Å². The lowest BCUT2D eigenvalue weighted by atomic mass is 10.2. The zero-order valence-corrected chi connectivity index (χ0v) is 10.6. The van der Waals surface area contributed by atoms with Crippen LogP contribution in [-0.2, 0) is 0 Å². The standard InChI is InChI=1S/C12H5Cl3O2/c13-6-1-3-8-10(5-6)16-9-4-2-7(14)11(15)12(9)17-8/h1-5H. The highest BCUT2D eigenvalue weighted by molar-refractivity contribution is 6.43. The van der Waals surface area contributed by atoms with Crippen molar-refractivity contribution < 1.29 is 9.47 Å². The van der Waals surface area contributed by atoms with Gasteiger partial charge in [-0.1, -0.05) is 34.8 Å². The number of halogens is 3. The summed E-state index contributed by atoms with van der Waals surface area (Å²) < 4.78 is 11.3. The molecule has 5 heteroatoms. The van der Waals surface area contributed by atoms with Crippen molar-refractivity contribution >= 4 is 34.8 Å². The number of fused-ring (bicyclic) bond motifs is 2. The van der Waals surface area contributed by atoms with Gasteiger partial charge in [0.15, 0.2) is 23.0 Å². The Bertz CT molecular complexity index is 611. The molecule has 0 radical (unpaired) electrons. The Labute approximate surface area is 113 Å². The average Bonchev–Trinajstić information content (AvgIpc) is 2.32. The summed E-state index contributed by atoms with van der Waals surface area (Å²) in [6.45, 7) is 0. The van der Waals surface area contributed by atoms with Crippen LogP contribution in [-0.4, -0.2) is 0 Å². The molecule has 86 valence electrons. The Morgan fingerprint density at radius 2 is 1.53 bits per heavy atom. The average molecular weight is 288 g/mol. The Morgan fingerprint density at radius 1 is 0.765 bits per heavy atom. The van der Waals surface area contributed by atoms with Gasteiger partial charge in [0.25, 0.3) is 0 Å². The number of benzene rings is 2. The predicted octanol–water partition coefficient (Wildman–Crippen LogP) is 5.54. The normalized spacial score (nSPS) is 12.2. The molecule has 0 saturated carbocycles. The van der Waals surface area contributed by atoms with Crippen LogP contribution >= 0.6 is 34.8 Å². The molecule has 2 nitrogen and oxygen atoms in total. The summed E-state index contributed by atoms with van der Waals surface area (Å²) in [5.41, 5.74) is 0. The molecule has 1 heterocycles. The quantitative estimate of drug-likeness (QED) is 0.540. The van der Waals surface area contributed by atoms with Crippen LogP contribution in [0.25, 0.3) is 0 Å². The SMILES string of the molecule is Clc1ccc2c(c1)Oc1ccc(Cl)c(Cl)c1O2. The summed E-state index contributed by atoms with van der Waals surface area (Å²) in [5.74, 6) is 2.07. The summed E-state index contributed by atoms with van der Waals surface area (Å²) >= 11 is 17.8. The van der Waals surface area contributed by atoms with Gasteiger partial charge in [0, 0.05) is 11.1 Å². The molecule has 0 amide bonds. The van der Waals surface area contributed by atoms with Crippen LogP contribution in [0, 0.1) is 0 Å². The molecule has 0 aliphatic carbocycles. The molecule has 0 spiro atoms. The van der Waals surface area contributed by atoms with Crippen molar-refractivity contribution in [3.63, 3.8) is 0 Å². The summed E-state index contributed by atoms with van der Waals surface area (Å²) in [4.78, 5) is 0. The van der Waals surface area contributed by atoms with Crippen molar-refractivity contribution in [1.82, 2.24) is 0 Å². The first kappa shape index (κ1) is 11.0. The van der Waals surface area contributed by atoms with Crippen LogP contribution in [0.3, 0.4) is 0 Å². The molecule has 0 bridgehead atoms. The maximum Gasteiger partial charge on any atom is 0.190 e. The number of hydrogen-bond acceptors (Lipinski definition) is 2. The Hall–Kier alpha value is -1.09. The van der Waals surface area contributed by atoms with Crippen molar-refractivity contribution in [2.45, 2.75) is 0 Å². The Kier molecular flexibility index (Phi) is 2.58. The molecule has 0 N–H and O–H groups in total. The Balaban J connectivity index is 2.14. The molecule has 1 aliphatic heterocycles. The van der Waals surface area contributed by atoms with E-state index < -0.39 is 0 Å². The summed E-state index contributed by atoms with van der Waals surface area (Å²) in [6, 6.07) is 8.47. The van der Waals surface area contributed by atoms with Gasteiger partial charge in [-0.3, -0.25) is 0 Å². The van der Waals surface area contributed by atoms with Crippen LogP contribution in [0.4, 0.5) is 0 Å². The zero-order valence-electron chi connectivity index (χ0n) is 8.34. The highest BCUT2D eigenvalue weighted by Gasteiger charge is 2.22. The molecule has 2 aromatic rings. The number of ether oxygens (including phenoxy) is 2. The van der Waals surface area contributed by atoms with Crippen molar-refractivity contribution in [3.8, 4) is 23.0 Å². The molecule has 1 aliphatic rings. The van der Waals surface area contributed by atoms with E-state index in [-0.39, 0.29) is 0 Å². The molecule has 3 rings (SSSR count). The van der Waals surface area contributed by atoms with E-state index in [9.17, 15) is 0 Å². The van der Waals surface area contributed by atoms with E-state index >= 15 is 0 Å². The van der Waals surface area contributed by atoms with E-state index in [0.717, 1.165) is 0 Å². The fraction of sp³-hybridized carbons (Fsp3) is 0. The zero-order chi connectivity index (χ0) is 12.0. The third kappa shape index (κ3) is 1.82. The van der Waals surface area contributed by atoms with Gasteiger partial charge in [-0.15, -0.1) is 0 Å². The van der Waals surface area contributed by atoms with Gasteiger partial charge < -0.3 is 9.47 Å². The fourth-order valence-corrected chi connectivity index (χ4v) is 2.07. The fourth-order valence-electron chi connectivity index (χ4n) is 1.56. The van der Waals surface area contributed by atoms with Crippen molar-refractivity contribution in [3.05, 3.63) is 45.4 Å². The lowest BCUT2D eigenvalue weighted by Crippen LogP contribution is -1.99. The first-order chi connectivity index (χ1) is 8.15. The maximum absolute atomic E-state index is 6.05. The van der Waals surface area contributed by atoms with Crippen molar-refractivity contribution in [1.29, 1.82) is 0 Å². The lowest BCUT2D eigenvalue weighted by molar-refractivity contribution is 0.360.